The van der Waals surface area contributed by atoms with E-state index in [0.717, 1.165) is 48.7 Å². The van der Waals surface area contributed by atoms with Crippen molar-refractivity contribution < 1.29 is 4.79 Å². The van der Waals surface area contributed by atoms with Gasteiger partial charge in [0.15, 0.2) is 5.82 Å². The summed E-state index contributed by atoms with van der Waals surface area (Å²) in [5.41, 5.74) is 2.55. The molecule has 1 aliphatic carbocycles. The highest BCUT2D eigenvalue weighted by Crippen LogP contribution is 2.23. The van der Waals surface area contributed by atoms with Crippen LogP contribution in [0.15, 0.2) is 36.4 Å². The van der Waals surface area contributed by atoms with Gasteiger partial charge in [-0.1, -0.05) is 44.2 Å². The van der Waals surface area contributed by atoms with Crippen molar-refractivity contribution in [3.8, 4) is 11.3 Å². The Bertz CT molecular complexity index is 793. The molecule has 0 atom stereocenters. The number of amides is 2. The second kappa shape index (κ2) is 9.72. The minimum atomic E-state index is -0.128. The summed E-state index contributed by atoms with van der Waals surface area (Å²) < 4.78 is 0. The monoisotopic (exact) mass is 393 g/mol. The number of aromatic nitrogens is 2. The van der Waals surface area contributed by atoms with Crippen LogP contribution in [-0.4, -0.2) is 35.4 Å². The molecule has 2 fully saturated rings. The van der Waals surface area contributed by atoms with Crippen molar-refractivity contribution in [3.05, 3.63) is 36.4 Å². The van der Waals surface area contributed by atoms with Crippen molar-refractivity contribution in [2.75, 3.05) is 23.3 Å². The number of anilines is 2. The lowest BCUT2D eigenvalue weighted by atomic mass is 9.96. The van der Waals surface area contributed by atoms with Gasteiger partial charge in [-0.05, 0) is 49.9 Å². The number of carbonyl (C=O) groups excluding carboxylic acids is 1. The standard InChI is InChI=1S/C23H31N5O/c29-23(24-19-10-4-3-5-11-19)25-20-12-8-9-18(17-20)21-13-14-22(27-26-21)28-15-6-1-2-7-16-28/h8-9,12-14,17,19H,1-7,10-11,15-16H2,(H2,24,25,29). The molecule has 1 saturated carbocycles. The average Bonchev–Trinajstić information content (AvgIpc) is 3.04. The van der Waals surface area contributed by atoms with Crippen molar-refractivity contribution in [1.82, 2.24) is 15.5 Å². The minimum Gasteiger partial charge on any atom is -0.355 e. The molecule has 0 unspecified atom stereocenters. The lowest BCUT2D eigenvalue weighted by Gasteiger charge is -2.23. The number of benzene rings is 1. The summed E-state index contributed by atoms with van der Waals surface area (Å²) in [5, 5.41) is 15.0. The van der Waals surface area contributed by atoms with Crippen LogP contribution < -0.4 is 15.5 Å². The van der Waals surface area contributed by atoms with Crippen LogP contribution in [-0.2, 0) is 0 Å². The minimum absolute atomic E-state index is 0.128. The van der Waals surface area contributed by atoms with Crippen molar-refractivity contribution >= 4 is 17.5 Å². The molecule has 6 heteroatoms. The highest BCUT2D eigenvalue weighted by atomic mass is 16.2. The Morgan fingerprint density at radius 1 is 0.897 bits per heavy atom. The average molecular weight is 394 g/mol. The van der Waals surface area contributed by atoms with E-state index in [1.54, 1.807) is 0 Å². The lowest BCUT2D eigenvalue weighted by molar-refractivity contribution is 0.244. The molecular weight excluding hydrogens is 362 g/mol. The van der Waals surface area contributed by atoms with E-state index in [-0.39, 0.29) is 6.03 Å². The van der Waals surface area contributed by atoms with Gasteiger partial charge in [-0.2, -0.15) is 0 Å². The summed E-state index contributed by atoms with van der Waals surface area (Å²) in [4.78, 5) is 14.7. The van der Waals surface area contributed by atoms with Gasteiger partial charge in [-0.3, -0.25) is 0 Å². The summed E-state index contributed by atoms with van der Waals surface area (Å²) in [7, 11) is 0. The largest absolute Gasteiger partial charge is 0.355 e. The summed E-state index contributed by atoms with van der Waals surface area (Å²) in [5.74, 6) is 0.955. The quantitative estimate of drug-likeness (QED) is 0.769. The third kappa shape index (κ3) is 5.46. The molecule has 0 bridgehead atoms. The Morgan fingerprint density at radius 3 is 2.38 bits per heavy atom. The molecule has 1 saturated heterocycles. The number of nitrogens with one attached hydrogen (secondary N) is 2. The molecule has 2 amide bonds. The number of urea groups is 1. The molecule has 2 aliphatic rings. The number of hydrogen-bond acceptors (Lipinski definition) is 4. The molecule has 2 N–H and O–H groups in total. The van der Waals surface area contributed by atoms with Crippen LogP contribution in [0, 0.1) is 0 Å². The fraction of sp³-hybridized carbons (Fsp3) is 0.522. The Labute approximate surface area is 173 Å². The van der Waals surface area contributed by atoms with Crippen LogP contribution in [0.1, 0.15) is 57.8 Å². The molecule has 29 heavy (non-hydrogen) atoms. The predicted molar refractivity (Wildman–Crippen MR) is 117 cm³/mol. The Kier molecular flexibility index (Phi) is 6.60. The SMILES string of the molecule is O=C(Nc1cccc(-c2ccc(N3CCCCCC3)nn2)c1)NC1CCCCC1. The summed E-state index contributed by atoms with van der Waals surface area (Å²) >= 11 is 0. The smallest absolute Gasteiger partial charge is 0.319 e. The Balaban J connectivity index is 1.39. The zero-order valence-electron chi connectivity index (χ0n) is 17.1. The molecule has 0 spiro atoms. The summed E-state index contributed by atoms with van der Waals surface area (Å²) in [6.45, 7) is 2.12. The topological polar surface area (TPSA) is 70.2 Å². The van der Waals surface area contributed by atoms with E-state index >= 15 is 0 Å². The van der Waals surface area contributed by atoms with Gasteiger partial charge in [-0.25, -0.2) is 4.79 Å². The van der Waals surface area contributed by atoms with Crippen LogP contribution in [0.2, 0.25) is 0 Å². The van der Waals surface area contributed by atoms with E-state index in [2.05, 4.69) is 31.8 Å². The maximum Gasteiger partial charge on any atom is 0.319 e. The molecule has 2 heterocycles. The van der Waals surface area contributed by atoms with Crippen LogP contribution in [0.5, 0.6) is 0 Å². The van der Waals surface area contributed by atoms with E-state index in [0.29, 0.717) is 6.04 Å². The highest BCUT2D eigenvalue weighted by Gasteiger charge is 2.16. The molecule has 1 aromatic heterocycles. The van der Waals surface area contributed by atoms with Crippen LogP contribution in [0.25, 0.3) is 11.3 Å². The molecule has 4 rings (SSSR count). The fourth-order valence-corrected chi connectivity index (χ4v) is 4.30. The zero-order valence-corrected chi connectivity index (χ0v) is 17.1. The van der Waals surface area contributed by atoms with E-state index in [9.17, 15) is 4.79 Å². The molecule has 1 aromatic carbocycles. The Hall–Kier alpha value is -2.63. The van der Waals surface area contributed by atoms with Gasteiger partial charge >= 0.3 is 6.03 Å². The lowest BCUT2D eigenvalue weighted by Crippen LogP contribution is -2.39. The van der Waals surface area contributed by atoms with E-state index in [1.165, 1.54) is 44.9 Å². The number of hydrogen-bond donors (Lipinski definition) is 2. The van der Waals surface area contributed by atoms with Gasteiger partial charge in [0.1, 0.15) is 0 Å². The van der Waals surface area contributed by atoms with Crippen LogP contribution >= 0.6 is 0 Å². The third-order valence-electron chi connectivity index (χ3n) is 5.94. The first kappa shape index (κ1) is 19.7. The maximum absolute atomic E-state index is 12.3. The van der Waals surface area contributed by atoms with Gasteiger partial charge in [-0.15, -0.1) is 10.2 Å². The molecule has 2 aromatic rings. The molecule has 1 aliphatic heterocycles. The zero-order chi connectivity index (χ0) is 19.9. The third-order valence-corrected chi connectivity index (χ3v) is 5.94. The summed E-state index contributed by atoms with van der Waals surface area (Å²) in [6.07, 6.45) is 10.9. The summed E-state index contributed by atoms with van der Waals surface area (Å²) in [6, 6.07) is 12.0. The van der Waals surface area contributed by atoms with Crippen molar-refractivity contribution in [2.45, 2.75) is 63.8 Å². The van der Waals surface area contributed by atoms with Crippen molar-refractivity contribution in [2.24, 2.45) is 0 Å². The van der Waals surface area contributed by atoms with E-state index < -0.39 is 0 Å². The molecule has 0 radical (unpaired) electrons. The molecule has 6 nitrogen and oxygen atoms in total. The van der Waals surface area contributed by atoms with Gasteiger partial charge in [0.05, 0.1) is 5.69 Å². The van der Waals surface area contributed by atoms with Gasteiger partial charge in [0, 0.05) is 30.4 Å². The van der Waals surface area contributed by atoms with E-state index in [1.807, 2.05) is 30.3 Å². The van der Waals surface area contributed by atoms with Gasteiger partial charge < -0.3 is 15.5 Å². The first-order chi connectivity index (χ1) is 14.3. The highest BCUT2D eigenvalue weighted by molar-refractivity contribution is 5.90. The van der Waals surface area contributed by atoms with Crippen LogP contribution in [0.4, 0.5) is 16.3 Å². The Morgan fingerprint density at radius 2 is 1.66 bits per heavy atom. The van der Waals surface area contributed by atoms with Gasteiger partial charge in [0.2, 0.25) is 0 Å². The van der Waals surface area contributed by atoms with Crippen molar-refractivity contribution in [3.63, 3.8) is 0 Å². The van der Waals surface area contributed by atoms with Gasteiger partial charge in [0.25, 0.3) is 0 Å². The maximum atomic E-state index is 12.3. The first-order valence-electron chi connectivity index (χ1n) is 11.0. The van der Waals surface area contributed by atoms with E-state index in [4.69, 9.17) is 0 Å². The number of rotatable bonds is 4. The number of nitrogens with zero attached hydrogens (tertiary/aromatic N) is 3. The molecular formula is C23H31N5O. The first-order valence-corrected chi connectivity index (χ1v) is 11.0. The predicted octanol–water partition coefficient (Wildman–Crippen LogP) is 4.98. The second-order valence-corrected chi connectivity index (χ2v) is 8.19. The fourth-order valence-electron chi connectivity index (χ4n) is 4.30. The van der Waals surface area contributed by atoms with Crippen molar-refractivity contribution in [1.29, 1.82) is 0 Å². The second-order valence-electron chi connectivity index (χ2n) is 8.19. The van der Waals surface area contributed by atoms with Crippen LogP contribution in [0.3, 0.4) is 0 Å². The normalized spacial score (nSPS) is 18.1. The molecule has 154 valence electrons. The number of carbonyl (C=O) groups is 1.